The zero-order chi connectivity index (χ0) is 17.3. The SMILES string of the molecule is CCC(NS(=O)(=O)c1cccc2nonc12)c1ccc(C)c(C)c1. The third-order valence-electron chi connectivity index (χ3n) is 4.18. The first-order valence-electron chi connectivity index (χ1n) is 7.73. The number of hydrogen-bond donors (Lipinski definition) is 1. The number of sulfonamides is 1. The van der Waals surface area contributed by atoms with E-state index in [4.69, 9.17) is 0 Å². The molecular weight excluding hydrogens is 326 g/mol. The van der Waals surface area contributed by atoms with Gasteiger partial charge in [0.25, 0.3) is 0 Å². The summed E-state index contributed by atoms with van der Waals surface area (Å²) in [6.07, 6.45) is 0.634. The van der Waals surface area contributed by atoms with Gasteiger partial charge in [-0.15, -0.1) is 0 Å². The Balaban J connectivity index is 1.97. The molecule has 0 bridgehead atoms. The Bertz CT molecular complexity index is 980. The maximum absolute atomic E-state index is 12.8. The molecule has 7 heteroatoms. The van der Waals surface area contributed by atoms with Gasteiger partial charge in [0, 0.05) is 6.04 Å². The van der Waals surface area contributed by atoms with E-state index in [0.29, 0.717) is 11.9 Å². The molecule has 0 radical (unpaired) electrons. The number of rotatable bonds is 5. The van der Waals surface area contributed by atoms with Crippen LogP contribution in [0, 0.1) is 13.8 Å². The predicted molar refractivity (Wildman–Crippen MR) is 91.1 cm³/mol. The fraction of sp³-hybridized carbons (Fsp3) is 0.294. The molecule has 126 valence electrons. The molecule has 0 saturated heterocycles. The molecule has 0 fully saturated rings. The highest BCUT2D eigenvalue weighted by atomic mass is 32.2. The van der Waals surface area contributed by atoms with E-state index >= 15 is 0 Å². The minimum atomic E-state index is -3.75. The summed E-state index contributed by atoms with van der Waals surface area (Å²) < 4.78 is 33.1. The molecule has 0 saturated carbocycles. The molecule has 1 aromatic heterocycles. The van der Waals surface area contributed by atoms with E-state index in [-0.39, 0.29) is 16.5 Å². The third-order valence-corrected chi connectivity index (χ3v) is 5.68. The van der Waals surface area contributed by atoms with E-state index < -0.39 is 10.0 Å². The van der Waals surface area contributed by atoms with Crippen molar-refractivity contribution in [1.29, 1.82) is 0 Å². The molecule has 2 aromatic carbocycles. The summed E-state index contributed by atoms with van der Waals surface area (Å²) >= 11 is 0. The summed E-state index contributed by atoms with van der Waals surface area (Å²) in [6, 6.07) is 10.4. The lowest BCUT2D eigenvalue weighted by Gasteiger charge is -2.18. The molecule has 24 heavy (non-hydrogen) atoms. The maximum atomic E-state index is 12.8. The maximum Gasteiger partial charge on any atom is 0.243 e. The van der Waals surface area contributed by atoms with E-state index in [1.807, 2.05) is 39.0 Å². The van der Waals surface area contributed by atoms with Gasteiger partial charge in [-0.25, -0.2) is 17.8 Å². The Kier molecular flexibility index (Phi) is 4.38. The number of nitrogens with one attached hydrogen (secondary N) is 1. The predicted octanol–water partition coefficient (Wildman–Crippen LogP) is 3.27. The minimum absolute atomic E-state index is 0.0727. The number of benzene rings is 2. The Hall–Kier alpha value is -2.25. The number of nitrogens with zero attached hydrogens (tertiary/aromatic N) is 2. The number of aromatic nitrogens is 2. The monoisotopic (exact) mass is 345 g/mol. The number of aryl methyl sites for hydroxylation is 2. The second-order valence-corrected chi connectivity index (χ2v) is 7.50. The molecule has 0 aliphatic rings. The van der Waals surface area contributed by atoms with Gasteiger partial charge in [0.1, 0.15) is 10.4 Å². The Morgan fingerprint density at radius 1 is 1.12 bits per heavy atom. The highest BCUT2D eigenvalue weighted by Gasteiger charge is 2.24. The van der Waals surface area contributed by atoms with Crippen molar-refractivity contribution in [2.75, 3.05) is 0 Å². The van der Waals surface area contributed by atoms with Crippen LogP contribution in [0.3, 0.4) is 0 Å². The van der Waals surface area contributed by atoms with Crippen LogP contribution in [-0.4, -0.2) is 18.7 Å². The summed E-state index contributed by atoms with van der Waals surface area (Å²) in [5.41, 5.74) is 3.90. The lowest BCUT2D eigenvalue weighted by molar-refractivity contribution is 0.315. The third kappa shape index (κ3) is 3.05. The van der Waals surface area contributed by atoms with E-state index in [9.17, 15) is 8.42 Å². The van der Waals surface area contributed by atoms with Crippen molar-refractivity contribution in [1.82, 2.24) is 15.0 Å². The van der Waals surface area contributed by atoms with E-state index in [2.05, 4.69) is 19.7 Å². The van der Waals surface area contributed by atoms with Crippen LogP contribution in [0.4, 0.5) is 0 Å². The average Bonchev–Trinajstić information content (AvgIpc) is 3.03. The molecule has 3 aromatic rings. The lowest BCUT2D eigenvalue weighted by Crippen LogP contribution is -2.28. The van der Waals surface area contributed by atoms with Crippen LogP contribution in [0.5, 0.6) is 0 Å². The van der Waals surface area contributed by atoms with Gasteiger partial charge in [0.05, 0.1) is 0 Å². The first-order chi connectivity index (χ1) is 11.4. The van der Waals surface area contributed by atoms with Crippen LogP contribution >= 0.6 is 0 Å². The molecule has 0 aliphatic carbocycles. The largest absolute Gasteiger partial charge is 0.243 e. The van der Waals surface area contributed by atoms with Gasteiger partial charge in [-0.3, -0.25) is 0 Å². The summed E-state index contributed by atoms with van der Waals surface area (Å²) in [7, 11) is -3.75. The minimum Gasteiger partial charge on any atom is -0.243 e. The van der Waals surface area contributed by atoms with Crippen LogP contribution in [-0.2, 0) is 10.0 Å². The first-order valence-corrected chi connectivity index (χ1v) is 9.21. The molecule has 1 N–H and O–H groups in total. The molecule has 0 spiro atoms. The van der Waals surface area contributed by atoms with Crippen molar-refractivity contribution in [2.45, 2.75) is 38.1 Å². The molecule has 1 unspecified atom stereocenters. The molecular formula is C17H19N3O3S. The molecule has 0 amide bonds. The van der Waals surface area contributed by atoms with Gasteiger partial charge in [-0.1, -0.05) is 31.2 Å². The summed E-state index contributed by atoms with van der Waals surface area (Å²) in [5.74, 6) is 0. The van der Waals surface area contributed by atoms with Crippen molar-refractivity contribution >= 4 is 21.1 Å². The van der Waals surface area contributed by atoms with Gasteiger partial charge >= 0.3 is 0 Å². The van der Waals surface area contributed by atoms with Gasteiger partial charge in [-0.05, 0) is 59.4 Å². The molecule has 1 atom stereocenters. The highest BCUT2D eigenvalue weighted by molar-refractivity contribution is 7.89. The van der Waals surface area contributed by atoms with Crippen molar-refractivity contribution in [3.8, 4) is 0 Å². The van der Waals surface area contributed by atoms with Gasteiger partial charge in [0.2, 0.25) is 10.0 Å². The normalized spacial score (nSPS) is 13.3. The van der Waals surface area contributed by atoms with Crippen molar-refractivity contribution in [3.05, 3.63) is 53.1 Å². The fourth-order valence-electron chi connectivity index (χ4n) is 2.62. The Morgan fingerprint density at radius 3 is 2.62 bits per heavy atom. The van der Waals surface area contributed by atoms with Crippen molar-refractivity contribution in [3.63, 3.8) is 0 Å². The van der Waals surface area contributed by atoms with E-state index in [1.165, 1.54) is 11.6 Å². The molecule has 3 rings (SSSR count). The fourth-order valence-corrected chi connectivity index (χ4v) is 4.08. The molecule has 6 nitrogen and oxygen atoms in total. The average molecular weight is 345 g/mol. The molecule has 1 heterocycles. The van der Waals surface area contributed by atoms with Crippen LogP contribution in [0.2, 0.25) is 0 Å². The van der Waals surface area contributed by atoms with Crippen LogP contribution in [0.1, 0.15) is 36.1 Å². The summed E-state index contributed by atoms with van der Waals surface area (Å²) in [5, 5.41) is 7.40. The zero-order valence-electron chi connectivity index (χ0n) is 13.8. The van der Waals surface area contributed by atoms with Crippen LogP contribution < -0.4 is 4.72 Å². The van der Waals surface area contributed by atoms with E-state index in [0.717, 1.165) is 11.1 Å². The van der Waals surface area contributed by atoms with Crippen molar-refractivity contribution in [2.24, 2.45) is 0 Å². The van der Waals surface area contributed by atoms with Gasteiger partial charge in [0.15, 0.2) is 5.52 Å². The molecule has 0 aliphatic heterocycles. The van der Waals surface area contributed by atoms with Crippen LogP contribution in [0.25, 0.3) is 11.0 Å². The quantitative estimate of drug-likeness (QED) is 0.767. The van der Waals surface area contributed by atoms with Gasteiger partial charge < -0.3 is 0 Å². The first kappa shape index (κ1) is 16.6. The Labute approximate surface area is 140 Å². The second-order valence-electron chi connectivity index (χ2n) is 5.81. The standard InChI is InChI=1S/C17H19N3O3S/c1-4-14(13-9-8-11(2)12(3)10-13)20-24(21,22)16-7-5-6-15-17(16)19-23-18-15/h5-10,14,20H,4H2,1-3H3. The van der Waals surface area contributed by atoms with Crippen LogP contribution in [0.15, 0.2) is 45.9 Å². The zero-order valence-corrected chi connectivity index (χ0v) is 14.6. The topological polar surface area (TPSA) is 85.1 Å². The smallest absolute Gasteiger partial charge is 0.243 e. The second kappa shape index (κ2) is 6.33. The Morgan fingerprint density at radius 2 is 1.92 bits per heavy atom. The summed E-state index contributed by atoms with van der Waals surface area (Å²) in [6.45, 7) is 5.99. The highest BCUT2D eigenvalue weighted by Crippen LogP contribution is 2.25. The lowest BCUT2D eigenvalue weighted by atomic mass is 10.0. The number of hydrogen-bond acceptors (Lipinski definition) is 5. The number of fused-ring (bicyclic) bond motifs is 1. The van der Waals surface area contributed by atoms with Gasteiger partial charge in [-0.2, -0.15) is 0 Å². The summed E-state index contributed by atoms with van der Waals surface area (Å²) in [4.78, 5) is 0.0727. The van der Waals surface area contributed by atoms with Crippen molar-refractivity contribution < 1.29 is 13.0 Å². The van der Waals surface area contributed by atoms with E-state index in [1.54, 1.807) is 12.1 Å².